The second kappa shape index (κ2) is 9.43. The van der Waals surface area contributed by atoms with Gasteiger partial charge >= 0.3 is 5.97 Å². The van der Waals surface area contributed by atoms with E-state index in [0.717, 1.165) is 30.6 Å². The molecule has 1 saturated carbocycles. The van der Waals surface area contributed by atoms with Crippen LogP contribution < -0.4 is 5.32 Å². The van der Waals surface area contributed by atoms with Crippen LogP contribution in [0.5, 0.6) is 0 Å². The number of hydrogen-bond donors (Lipinski definition) is 1. The molecule has 1 aliphatic carbocycles. The molecule has 0 bridgehead atoms. The molecule has 0 radical (unpaired) electrons. The number of benzene rings is 2. The highest BCUT2D eigenvalue weighted by atomic mass is 32.2. The summed E-state index contributed by atoms with van der Waals surface area (Å²) < 4.78 is 5.41. The lowest BCUT2D eigenvalue weighted by atomic mass is 10.2. The van der Waals surface area contributed by atoms with Gasteiger partial charge in [0.1, 0.15) is 6.07 Å². The average Bonchev–Trinajstić information content (AvgIpc) is 3.21. The van der Waals surface area contributed by atoms with Crippen molar-refractivity contribution < 1.29 is 14.3 Å². The maximum absolute atomic E-state index is 12.7. The van der Waals surface area contributed by atoms with Crippen LogP contribution in [0.1, 0.15) is 48.5 Å². The third-order valence-electron chi connectivity index (χ3n) is 4.69. The van der Waals surface area contributed by atoms with Crippen LogP contribution in [0.15, 0.2) is 58.3 Å². The summed E-state index contributed by atoms with van der Waals surface area (Å²) in [4.78, 5) is 26.4. The minimum atomic E-state index is -0.863. The number of amides is 1. The van der Waals surface area contributed by atoms with E-state index < -0.39 is 12.1 Å². The first-order valence-corrected chi connectivity index (χ1v) is 10.2. The number of nitrogens with one attached hydrogen (secondary N) is 1. The van der Waals surface area contributed by atoms with E-state index in [1.54, 1.807) is 37.3 Å². The van der Waals surface area contributed by atoms with Crippen LogP contribution in [-0.2, 0) is 9.53 Å². The quantitative estimate of drug-likeness (QED) is 0.739. The summed E-state index contributed by atoms with van der Waals surface area (Å²) >= 11 is 1.33. The zero-order chi connectivity index (χ0) is 19.9. The number of rotatable bonds is 6. The highest BCUT2D eigenvalue weighted by Crippen LogP contribution is 2.33. The highest BCUT2D eigenvalue weighted by molar-refractivity contribution is 7.99. The largest absolute Gasteiger partial charge is 0.449 e. The minimum absolute atomic E-state index is 0.180. The number of esters is 1. The van der Waals surface area contributed by atoms with E-state index in [0.29, 0.717) is 16.0 Å². The van der Waals surface area contributed by atoms with Gasteiger partial charge < -0.3 is 10.1 Å². The third-order valence-corrected chi connectivity index (χ3v) is 5.84. The zero-order valence-corrected chi connectivity index (χ0v) is 16.5. The van der Waals surface area contributed by atoms with Gasteiger partial charge in [-0.05, 0) is 44.0 Å². The van der Waals surface area contributed by atoms with Crippen molar-refractivity contribution in [1.29, 1.82) is 5.26 Å². The Labute approximate surface area is 169 Å². The Balaban J connectivity index is 1.70. The Morgan fingerprint density at radius 2 is 1.75 bits per heavy atom. The number of carbonyl (C=O) groups is 2. The number of nitriles is 1. The van der Waals surface area contributed by atoms with Gasteiger partial charge in [0.25, 0.3) is 5.91 Å². The summed E-state index contributed by atoms with van der Waals surface area (Å²) in [6.45, 7) is 1.59. The van der Waals surface area contributed by atoms with Crippen molar-refractivity contribution in [2.75, 3.05) is 0 Å². The lowest BCUT2D eigenvalue weighted by Gasteiger charge is -2.18. The molecule has 0 aromatic heterocycles. The van der Waals surface area contributed by atoms with Crippen LogP contribution in [0.4, 0.5) is 0 Å². The molecule has 1 atom stereocenters. The van der Waals surface area contributed by atoms with Crippen molar-refractivity contribution in [3.05, 3.63) is 59.7 Å². The first-order chi connectivity index (χ1) is 13.6. The van der Waals surface area contributed by atoms with Gasteiger partial charge in [-0.1, -0.05) is 48.9 Å². The second-order valence-corrected chi connectivity index (χ2v) is 7.83. The molecule has 144 valence electrons. The number of ether oxygens (including phenoxy) is 1. The summed E-state index contributed by atoms with van der Waals surface area (Å²) in [7, 11) is 0. The molecule has 1 aliphatic rings. The van der Waals surface area contributed by atoms with Gasteiger partial charge in [0.05, 0.1) is 11.1 Å². The van der Waals surface area contributed by atoms with Gasteiger partial charge in [0.15, 0.2) is 6.10 Å². The first-order valence-electron chi connectivity index (χ1n) is 9.36. The van der Waals surface area contributed by atoms with Gasteiger partial charge in [-0.3, -0.25) is 4.79 Å². The molecular formula is C22H22N2O3S. The molecule has 0 saturated heterocycles. The fourth-order valence-corrected chi connectivity index (χ4v) is 4.17. The van der Waals surface area contributed by atoms with Crippen LogP contribution in [0.25, 0.3) is 0 Å². The summed E-state index contributed by atoms with van der Waals surface area (Å²) in [6.07, 6.45) is 3.33. The Morgan fingerprint density at radius 1 is 1.11 bits per heavy atom. The van der Waals surface area contributed by atoms with Gasteiger partial charge in [-0.2, -0.15) is 5.26 Å². The molecule has 1 fully saturated rings. The molecule has 0 aliphatic heterocycles. The molecule has 1 amide bonds. The van der Waals surface area contributed by atoms with Crippen molar-refractivity contribution in [1.82, 2.24) is 5.32 Å². The summed E-state index contributed by atoms with van der Waals surface area (Å²) in [5, 5.41) is 12.2. The normalized spacial score (nSPS) is 14.9. The monoisotopic (exact) mass is 394 g/mol. The fourth-order valence-electron chi connectivity index (χ4n) is 3.16. The topological polar surface area (TPSA) is 79.2 Å². The molecule has 5 nitrogen and oxygen atoms in total. The highest BCUT2D eigenvalue weighted by Gasteiger charge is 2.24. The van der Waals surface area contributed by atoms with E-state index in [1.807, 2.05) is 18.2 Å². The molecule has 3 rings (SSSR count). The number of hydrogen-bond acceptors (Lipinski definition) is 5. The Morgan fingerprint density at radius 3 is 2.46 bits per heavy atom. The Kier molecular flexibility index (Phi) is 6.72. The lowest BCUT2D eigenvalue weighted by molar-refractivity contribution is -0.129. The molecule has 28 heavy (non-hydrogen) atoms. The third kappa shape index (κ3) is 4.93. The van der Waals surface area contributed by atoms with E-state index in [-0.39, 0.29) is 11.9 Å². The number of nitrogens with zero attached hydrogens (tertiary/aromatic N) is 1. The lowest BCUT2D eigenvalue weighted by Crippen LogP contribution is -2.40. The minimum Gasteiger partial charge on any atom is -0.449 e. The van der Waals surface area contributed by atoms with Crippen molar-refractivity contribution >= 4 is 23.6 Å². The van der Waals surface area contributed by atoms with Crippen LogP contribution in [0, 0.1) is 11.3 Å². The van der Waals surface area contributed by atoms with Gasteiger partial charge in [-0.25, -0.2) is 4.79 Å². The predicted octanol–water partition coefficient (Wildman–Crippen LogP) is 4.31. The van der Waals surface area contributed by atoms with Crippen LogP contribution in [0.3, 0.4) is 0 Å². The Bertz CT molecular complexity index is 901. The van der Waals surface area contributed by atoms with E-state index >= 15 is 0 Å². The molecule has 1 unspecified atom stereocenters. The van der Waals surface area contributed by atoms with E-state index in [2.05, 4.69) is 11.4 Å². The van der Waals surface area contributed by atoms with Crippen molar-refractivity contribution in [3.8, 4) is 6.07 Å². The molecule has 1 N–H and O–H groups in total. The predicted molar refractivity (Wildman–Crippen MR) is 107 cm³/mol. The van der Waals surface area contributed by atoms with Crippen LogP contribution in [-0.4, -0.2) is 24.0 Å². The standard InChI is InChI=1S/C22H22N2O3S/c1-15(21(25)24-17-9-3-4-10-17)27-22(26)18-11-5-7-13-20(18)28-19-12-6-2-8-16(19)14-23/h2,5-8,11-13,15,17H,3-4,9-10H2,1H3,(H,24,25). The molecule has 0 spiro atoms. The van der Waals surface area contributed by atoms with E-state index in [9.17, 15) is 14.9 Å². The van der Waals surface area contributed by atoms with Gasteiger partial charge in [-0.15, -0.1) is 0 Å². The van der Waals surface area contributed by atoms with E-state index in [4.69, 9.17) is 4.74 Å². The smallest absolute Gasteiger partial charge is 0.340 e. The molecule has 2 aromatic carbocycles. The maximum atomic E-state index is 12.7. The van der Waals surface area contributed by atoms with Crippen LogP contribution >= 0.6 is 11.8 Å². The number of carbonyl (C=O) groups excluding carboxylic acids is 2. The van der Waals surface area contributed by atoms with Gasteiger partial charge in [0, 0.05) is 15.8 Å². The summed E-state index contributed by atoms with van der Waals surface area (Å²) in [6, 6.07) is 16.6. The molecule has 6 heteroatoms. The molecular weight excluding hydrogens is 372 g/mol. The second-order valence-electron chi connectivity index (χ2n) is 6.74. The molecule has 2 aromatic rings. The van der Waals surface area contributed by atoms with Crippen molar-refractivity contribution in [2.45, 2.75) is 54.5 Å². The summed E-state index contributed by atoms with van der Waals surface area (Å²) in [5.41, 5.74) is 0.917. The zero-order valence-electron chi connectivity index (χ0n) is 15.7. The first kappa shape index (κ1) is 20.0. The maximum Gasteiger partial charge on any atom is 0.340 e. The fraction of sp³-hybridized carbons (Fsp3) is 0.318. The van der Waals surface area contributed by atoms with Gasteiger partial charge in [0.2, 0.25) is 0 Å². The van der Waals surface area contributed by atoms with E-state index in [1.165, 1.54) is 11.8 Å². The van der Waals surface area contributed by atoms with Crippen LogP contribution in [0.2, 0.25) is 0 Å². The van der Waals surface area contributed by atoms with Crippen molar-refractivity contribution in [3.63, 3.8) is 0 Å². The van der Waals surface area contributed by atoms with Crippen molar-refractivity contribution in [2.24, 2.45) is 0 Å². The summed E-state index contributed by atoms with van der Waals surface area (Å²) in [5.74, 6) is -0.813. The Hall–Kier alpha value is -2.78. The average molecular weight is 394 g/mol. The molecule has 0 heterocycles. The SMILES string of the molecule is CC(OC(=O)c1ccccc1Sc1ccccc1C#N)C(=O)NC1CCCC1.